The van der Waals surface area contributed by atoms with E-state index in [2.05, 4.69) is 13.2 Å². The molecular weight excluding hydrogens is 224 g/mol. The molecule has 0 saturated heterocycles. The van der Waals surface area contributed by atoms with Gasteiger partial charge in [-0.1, -0.05) is 13.2 Å². The highest BCUT2D eigenvalue weighted by Crippen LogP contribution is 2.03. The van der Waals surface area contributed by atoms with Crippen LogP contribution in [0, 0.1) is 0 Å². The molecule has 0 aliphatic carbocycles. The maximum atomic E-state index is 11.2. The van der Waals surface area contributed by atoms with Crippen LogP contribution in [-0.4, -0.2) is 30.4 Å². The first kappa shape index (κ1) is 15.1. The largest absolute Gasteiger partial charge is 0.458 e. The van der Waals surface area contributed by atoms with Crippen molar-refractivity contribution in [2.75, 3.05) is 6.61 Å². The molecule has 0 heterocycles. The monoisotopic (exact) mass is 240 g/mol. The molecule has 0 aliphatic heterocycles. The lowest BCUT2D eigenvalue weighted by Gasteiger charge is -2.15. The van der Waals surface area contributed by atoms with Gasteiger partial charge in [0.25, 0.3) is 0 Å². The molecule has 0 N–H and O–H groups in total. The number of rotatable bonds is 6. The maximum Gasteiger partial charge on any atom is 0.333 e. The lowest BCUT2D eigenvalue weighted by Crippen LogP contribution is -2.31. The number of hydrogen-bond donors (Lipinski definition) is 0. The van der Waals surface area contributed by atoms with Crippen LogP contribution in [-0.2, 0) is 23.9 Å². The summed E-state index contributed by atoms with van der Waals surface area (Å²) in [4.78, 5) is 33.5. The summed E-state index contributed by atoms with van der Waals surface area (Å²) in [6.45, 7) is 10.6. The Kier molecular flexibility index (Phi) is 5.88. The molecule has 0 bridgehead atoms. The number of carbonyl (C=O) groups is 3. The molecule has 5 nitrogen and oxygen atoms in total. The van der Waals surface area contributed by atoms with Crippen LogP contribution in [0.4, 0.5) is 0 Å². The quantitative estimate of drug-likeness (QED) is 0.515. The van der Waals surface area contributed by atoms with Crippen LogP contribution in [0.5, 0.6) is 0 Å². The normalized spacial score (nSPS) is 11.2. The number of ether oxygens (including phenoxy) is 2. The van der Waals surface area contributed by atoms with Gasteiger partial charge in [0.2, 0.25) is 0 Å². The molecule has 0 radical (unpaired) electrons. The van der Waals surface area contributed by atoms with E-state index in [4.69, 9.17) is 9.47 Å². The Morgan fingerprint density at radius 3 is 1.82 bits per heavy atom. The average Bonchev–Trinajstić information content (AvgIpc) is 2.22. The van der Waals surface area contributed by atoms with Gasteiger partial charge >= 0.3 is 11.9 Å². The maximum absolute atomic E-state index is 11.2. The molecule has 0 amide bonds. The van der Waals surface area contributed by atoms with Gasteiger partial charge in [0, 0.05) is 11.1 Å². The minimum absolute atomic E-state index is 0.169. The molecule has 94 valence electrons. The summed E-state index contributed by atoms with van der Waals surface area (Å²) in [5, 5.41) is 0. The standard InChI is InChI=1S/C12H16O5/c1-7(2)11(14)16-6-10(9(5)13)17-12(15)8(3)4/h10H,1,3,6H2,2,4-5H3. The van der Waals surface area contributed by atoms with Gasteiger partial charge in [-0.15, -0.1) is 0 Å². The van der Waals surface area contributed by atoms with E-state index in [-0.39, 0.29) is 17.8 Å². The van der Waals surface area contributed by atoms with Gasteiger partial charge in [-0.2, -0.15) is 0 Å². The van der Waals surface area contributed by atoms with Gasteiger partial charge < -0.3 is 9.47 Å². The summed E-state index contributed by atoms with van der Waals surface area (Å²) in [6.07, 6.45) is -1.11. The van der Waals surface area contributed by atoms with Crippen molar-refractivity contribution < 1.29 is 23.9 Å². The number of hydrogen-bond acceptors (Lipinski definition) is 5. The van der Waals surface area contributed by atoms with Crippen LogP contribution in [0.15, 0.2) is 24.3 Å². The van der Waals surface area contributed by atoms with E-state index in [1.54, 1.807) is 0 Å². The van der Waals surface area contributed by atoms with Gasteiger partial charge in [0.15, 0.2) is 11.9 Å². The van der Waals surface area contributed by atoms with Gasteiger partial charge in [-0.05, 0) is 20.8 Å². The predicted octanol–water partition coefficient (Wildman–Crippen LogP) is 1.18. The lowest BCUT2D eigenvalue weighted by atomic mass is 10.2. The third kappa shape index (κ3) is 5.65. The second kappa shape index (κ2) is 6.62. The van der Waals surface area contributed by atoms with E-state index in [1.165, 1.54) is 20.8 Å². The summed E-state index contributed by atoms with van der Waals surface area (Å²) in [7, 11) is 0. The van der Waals surface area contributed by atoms with Crippen molar-refractivity contribution in [3.63, 3.8) is 0 Å². The summed E-state index contributed by atoms with van der Waals surface area (Å²) in [6, 6.07) is 0. The molecule has 1 unspecified atom stereocenters. The Labute approximate surface area is 100 Å². The van der Waals surface area contributed by atoms with Gasteiger partial charge in [0.05, 0.1) is 0 Å². The Morgan fingerprint density at radius 2 is 1.47 bits per heavy atom. The molecule has 17 heavy (non-hydrogen) atoms. The van der Waals surface area contributed by atoms with Crippen LogP contribution in [0.1, 0.15) is 20.8 Å². The zero-order valence-electron chi connectivity index (χ0n) is 10.2. The zero-order valence-corrected chi connectivity index (χ0v) is 10.2. The van der Waals surface area contributed by atoms with Crippen LogP contribution in [0.3, 0.4) is 0 Å². The van der Waals surface area contributed by atoms with Crippen molar-refractivity contribution in [3.05, 3.63) is 24.3 Å². The molecule has 0 spiro atoms. The highest BCUT2D eigenvalue weighted by molar-refractivity contribution is 5.91. The summed E-state index contributed by atoms with van der Waals surface area (Å²) < 4.78 is 9.55. The van der Waals surface area contributed by atoms with Crippen LogP contribution in [0.2, 0.25) is 0 Å². The van der Waals surface area contributed by atoms with Crippen molar-refractivity contribution in [2.45, 2.75) is 26.9 Å². The Morgan fingerprint density at radius 1 is 1.00 bits per heavy atom. The summed E-state index contributed by atoms with van der Waals surface area (Å²) in [5.41, 5.74) is 0.376. The van der Waals surface area contributed by atoms with Crippen LogP contribution < -0.4 is 0 Å². The van der Waals surface area contributed by atoms with E-state index in [0.29, 0.717) is 0 Å². The minimum Gasteiger partial charge on any atom is -0.458 e. The Bertz CT molecular complexity index is 367. The highest BCUT2D eigenvalue weighted by atomic mass is 16.6. The Hall–Kier alpha value is -1.91. The minimum atomic E-state index is -1.11. The molecule has 0 aliphatic rings. The molecule has 0 aromatic rings. The second-order valence-electron chi connectivity index (χ2n) is 3.66. The topological polar surface area (TPSA) is 69.7 Å². The fourth-order valence-electron chi connectivity index (χ4n) is 0.739. The Balaban J connectivity index is 4.41. The van der Waals surface area contributed by atoms with Crippen molar-refractivity contribution >= 4 is 17.7 Å². The van der Waals surface area contributed by atoms with E-state index >= 15 is 0 Å². The summed E-state index contributed by atoms with van der Waals surface area (Å²) >= 11 is 0. The molecule has 0 rings (SSSR count). The second-order valence-corrected chi connectivity index (χ2v) is 3.66. The van der Waals surface area contributed by atoms with Gasteiger partial charge in [-0.3, -0.25) is 4.79 Å². The van der Waals surface area contributed by atoms with Gasteiger partial charge in [-0.25, -0.2) is 9.59 Å². The van der Waals surface area contributed by atoms with Crippen molar-refractivity contribution in [3.8, 4) is 0 Å². The highest BCUT2D eigenvalue weighted by Gasteiger charge is 2.21. The molecular formula is C12H16O5. The molecule has 1 atom stereocenters. The van der Waals surface area contributed by atoms with E-state index in [1.807, 2.05) is 0 Å². The lowest BCUT2D eigenvalue weighted by molar-refractivity contribution is -0.158. The zero-order chi connectivity index (χ0) is 13.6. The smallest absolute Gasteiger partial charge is 0.333 e. The SMILES string of the molecule is C=C(C)C(=O)OCC(OC(=O)C(=C)C)C(C)=O. The molecule has 0 fully saturated rings. The first-order valence-electron chi connectivity index (χ1n) is 4.95. The predicted molar refractivity (Wildman–Crippen MR) is 61.1 cm³/mol. The third-order valence-corrected chi connectivity index (χ3v) is 1.77. The first-order chi connectivity index (χ1) is 7.75. The summed E-state index contributed by atoms with van der Waals surface area (Å²) in [5.74, 6) is -1.74. The van der Waals surface area contributed by atoms with Crippen molar-refractivity contribution in [2.24, 2.45) is 0 Å². The number of esters is 2. The fourth-order valence-corrected chi connectivity index (χ4v) is 0.739. The third-order valence-electron chi connectivity index (χ3n) is 1.77. The molecule has 0 aromatic heterocycles. The average molecular weight is 240 g/mol. The van der Waals surface area contributed by atoms with Crippen LogP contribution in [0.25, 0.3) is 0 Å². The first-order valence-corrected chi connectivity index (χ1v) is 4.95. The number of ketones is 1. The number of carbonyl (C=O) groups excluding carboxylic acids is 3. The van der Waals surface area contributed by atoms with Crippen molar-refractivity contribution in [1.29, 1.82) is 0 Å². The number of Topliss-reactive ketones (excluding diaryl/α,β-unsaturated/α-hetero) is 1. The van der Waals surface area contributed by atoms with E-state index in [0.717, 1.165) is 0 Å². The van der Waals surface area contributed by atoms with E-state index < -0.39 is 23.8 Å². The van der Waals surface area contributed by atoms with Gasteiger partial charge in [0.1, 0.15) is 6.61 Å². The van der Waals surface area contributed by atoms with E-state index in [9.17, 15) is 14.4 Å². The molecule has 0 aromatic carbocycles. The fraction of sp³-hybridized carbons (Fsp3) is 0.417. The van der Waals surface area contributed by atoms with Crippen LogP contribution >= 0.6 is 0 Å². The van der Waals surface area contributed by atoms with Crippen molar-refractivity contribution in [1.82, 2.24) is 0 Å². The molecule has 5 heteroatoms. The molecule has 0 saturated carbocycles.